The monoisotopic (exact) mass is 1080 g/mol. The van der Waals surface area contributed by atoms with E-state index in [1.54, 1.807) is 0 Å². The van der Waals surface area contributed by atoms with Crippen molar-refractivity contribution in [3.8, 4) is 0 Å². The van der Waals surface area contributed by atoms with Crippen LogP contribution in [0.2, 0.25) is 0 Å². The van der Waals surface area contributed by atoms with Gasteiger partial charge in [0.25, 0.3) is 0 Å². The fraction of sp³-hybridized carbons (Fsp3) is 0.845. The lowest BCUT2D eigenvalue weighted by molar-refractivity contribution is -0.167. The van der Waals surface area contributed by atoms with Gasteiger partial charge in [-0.15, -0.1) is 0 Å². The first-order valence-electron chi connectivity index (χ1n) is 34.1. The van der Waals surface area contributed by atoms with Gasteiger partial charge in [0.15, 0.2) is 6.10 Å². The fourth-order valence-corrected chi connectivity index (χ4v) is 10.1. The number of rotatable bonds is 63. The highest BCUT2D eigenvalue weighted by molar-refractivity contribution is 5.71. The van der Waals surface area contributed by atoms with Gasteiger partial charge in [-0.25, -0.2) is 0 Å². The highest BCUT2D eigenvalue weighted by Gasteiger charge is 2.19. The second-order valence-electron chi connectivity index (χ2n) is 23.1. The first-order valence-corrected chi connectivity index (χ1v) is 34.1. The summed E-state index contributed by atoms with van der Waals surface area (Å²) in [4.78, 5) is 38.3. The van der Waals surface area contributed by atoms with E-state index in [9.17, 15) is 14.4 Å². The van der Waals surface area contributed by atoms with E-state index >= 15 is 0 Å². The highest BCUT2D eigenvalue weighted by Crippen LogP contribution is 2.18. The first kappa shape index (κ1) is 74.4. The van der Waals surface area contributed by atoms with Crippen molar-refractivity contribution in [2.24, 2.45) is 0 Å². The van der Waals surface area contributed by atoms with Crippen molar-refractivity contribution in [3.63, 3.8) is 0 Å². The molecule has 0 aliphatic rings. The molecule has 0 fully saturated rings. The molecule has 77 heavy (non-hydrogen) atoms. The third-order valence-electron chi connectivity index (χ3n) is 15.3. The van der Waals surface area contributed by atoms with Gasteiger partial charge in [-0.05, 0) is 96.3 Å². The van der Waals surface area contributed by atoms with Crippen LogP contribution in [0, 0.1) is 0 Å². The van der Waals surface area contributed by atoms with Crippen molar-refractivity contribution in [1.82, 2.24) is 0 Å². The molecule has 0 bridgehead atoms. The summed E-state index contributed by atoms with van der Waals surface area (Å²) in [7, 11) is 0. The Morgan fingerprint density at radius 1 is 0.260 bits per heavy atom. The Kier molecular flexibility index (Phi) is 63.6. The minimum absolute atomic E-state index is 0.0776. The molecule has 0 aromatic carbocycles. The fourth-order valence-electron chi connectivity index (χ4n) is 10.1. The molecular weight excluding hydrogens is 949 g/mol. The lowest BCUT2D eigenvalue weighted by atomic mass is 10.0. The summed E-state index contributed by atoms with van der Waals surface area (Å²) < 4.78 is 16.9. The molecule has 450 valence electrons. The van der Waals surface area contributed by atoms with Crippen LogP contribution in [0.5, 0.6) is 0 Å². The molecule has 6 heteroatoms. The van der Waals surface area contributed by atoms with Crippen LogP contribution in [0.25, 0.3) is 0 Å². The Balaban J connectivity index is 4.13. The van der Waals surface area contributed by atoms with Crippen LogP contribution in [0.1, 0.15) is 367 Å². The maximum atomic E-state index is 12.9. The number of hydrogen-bond donors (Lipinski definition) is 0. The van der Waals surface area contributed by atoms with Gasteiger partial charge < -0.3 is 14.2 Å². The molecule has 0 N–H and O–H groups in total. The van der Waals surface area contributed by atoms with Gasteiger partial charge in [0.05, 0.1) is 0 Å². The normalized spacial score (nSPS) is 12.3. The van der Waals surface area contributed by atoms with Crippen LogP contribution in [0.4, 0.5) is 0 Å². The molecule has 0 aliphatic carbocycles. The number of hydrogen-bond acceptors (Lipinski definition) is 6. The van der Waals surface area contributed by atoms with Crippen molar-refractivity contribution in [2.75, 3.05) is 13.2 Å². The van der Waals surface area contributed by atoms with Crippen molar-refractivity contribution in [3.05, 3.63) is 48.6 Å². The first-order chi connectivity index (χ1) is 38.0. The maximum Gasteiger partial charge on any atom is 0.306 e. The topological polar surface area (TPSA) is 78.9 Å². The molecule has 1 unspecified atom stereocenters. The van der Waals surface area contributed by atoms with E-state index in [2.05, 4.69) is 69.4 Å². The van der Waals surface area contributed by atoms with Gasteiger partial charge in [-0.3, -0.25) is 14.4 Å². The van der Waals surface area contributed by atoms with E-state index in [1.807, 2.05) is 0 Å². The largest absolute Gasteiger partial charge is 0.462 e. The van der Waals surface area contributed by atoms with Crippen molar-refractivity contribution in [1.29, 1.82) is 0 Å². The van der Waals surface area contributed by atoms with Crippen LogP contribution in [-0.2, 0) is 28.6 Å². The Hall–Kier alpha value is -2.63. The zero-order chi connectivity index (χ0) is 55.7. The standard InChI is InChI=1S/C71H130O6/c1-4-7-10-13-16-19-22-25-27-28-29-30-31-32-33-34-35-36-37-38-39-40-41-42-44-46-49-52-55-58-61-64-70(73)76-67-68(66-75-69(72)63-60-57-54-51-48-45-24-21-18-15-12-9-6-3)77-71(74)65-62-59-56-53-50-47-43-26-23-20-17-14-11-8-5-2/h12,15,21,24,26,28-29,43,68H,4-11,13-14,16-20,22-23,25,27,30-42,44-67H2,1-3H3/b15-12-,24-21-,29-28-,43-26-. The number of carbonyl (C=O) groups is 3. The molecule has 0 saturated heterocycles. The predicted molar refractivity (Wildman–Crippen MR) is 335 cm³/mol. The summed E-state index contributed by atoms with van der Waals surface area (Å²) in [5.41, 5.74) is 0. The summed E-state index contributed by atoms with van der Waals surface area (Å²) in [5.74, 6) is -0.881. The van der Waals surface area contributed by atoms with Crippen molar-refractivity contribution in [2.45, 2.75) is 374 Å². The van der Waals surface area contributed by atoms with Gasteiger partial charge in [-0.1, -0.05) is 301 Å². The Morgan fingerprint density at radius 2 is 0.494 bits per heavy atom. The van der Waals surface area contributed by atoms with E-state index in [1.165, 1.54) is 238 Å². The quantitative estimate of drug-likeness (QED) is 0.0261. The third-order valence-corrected chi connectivity index (χ3v) is 15.3. The van der Waals surface area contributed by atoms with Gasteiger partial charge in [0.1, 0.15) is 13.2 Å². The number of esters is 3. The molecule has 0 spiro atoms. The Morgan fingerprint density at radius 3 is 0.779 bits per heavy atom. The van der Waals surface area contributed by atoms with E-state index in [-0.39, 0.29) is 31.1 Å². The van der Waals surface area contributed by atoms with Crippen LogP contribution in [-0.4, -0.2) is 37.2 Å². The van der Waals surface area contributed by atoms with E-state index in [0.717, 1.165) is 89.9 Å². The average molecular weight is 1080 g/mol. The number of carbonyl (C=O) groups excluding carboxylic acids is 3. The minimum atomic E-state index is -0.782. The molecule has 0 aromatic rings. The van der Waals surface area contributed by atoms with Gasteiger partial charge in [-0.2, -0.15) is 0 Å². The molecule has 0 amide bonds. The molecule has 6 nitrogen and oxygen atoms in total. The molecule has 1 atom stereocenters. The van der Waals surface area contributed by atoms with Gasteiger partial charge >= 0.3 is 17.9 Å². The van der Waals surface area contributed by atoms with E-state index in [0.29, 0.717) is 19.3 Å². The molecule has 0 saturated carbocycles. The van der Waals surface area contributed by atoms with Crippen LogP contribution >= 0.6 is 0 Å². The Bertz CT molecular complexity index is 1330. The van der Waals surface area contributed by atoms with E-state index in [4.69, 9.17) is 14.2 Å². The number of unbranched alkanes of at least 4 members (excludes halogenated alkanes) is 44. The Labute approximate surface area is 479 Å². The summed E-state index contributed by atoms with van der Waals surface area (Å²) >= 11 is 0. The second kappa shape index (κ2) is 65.9. The third kappa shape index (κ3) is 64.1. The van der Waals surface area contributed by atoms with E-state index < -0.39 is 6.10 Å². The summed E-state index contributed by atoms with van der Waals surface area (Å²) in [5, 5.41) is 0. The summed E-state index contributed by atoms with van der Waals surface area (Å²) in [6, 6.07) is 0. The summed E-state index contributed by atoms with van der Waals surface area (Å²) in [6.45, 7) is 6.60. The lowest BCUT2D eigenvalue weighted by Crippen LogP contribution is -2.30. The predicted octanol–water partition coefficient (Wildman–Crippen LogP) is 23.3. The van der Waals surface area contributed by atoms with Gasteiger partial charge in [0.2, 0.25) is 0 Å². The van der Waals surface area contributed by atoms with Crippen molar-refractivity contribution < 1.29 is 28.6 Å². The highest BCUT2D eigenvalue weighted by atomic mass is 16.6. The zero-order valence-corrected chi connectivity index (χ0v) is 51.7. The number of allylic oxidation sites excluding steroid dienone is 8. The maximum absolute atomic E-state index is 12.9. The van der Waals surface area contributed by atoms with Crippen LogP contribution in [0.15, 0.2) is 48.6 Å². The van der Waals surface area contributed by atoms with Crippen molar-refractivity contribution >= 4 is 17.9 Å². The molecule has 0 rings (SSSR count). The average Bonchev–Trinajstić information content (AvgIpc) is 3.43. The van der Waals surface area contributed by atoms with Crippen LogP contribution < -0.4 is 0 Å². The second-order valence-corrected chi connectivity index (χ2v) is 23.1. The smallest absolute Gasteiger partial charge is 0.306 e. The molecular formula is C71H130O6. The van der Waals surface area contributed by atoms with Gasteiger partial charge in [0, 0.05) is 19.3 Å². The summed E-state index contributed by atoms with van der Waals surface area (Å²) in [6.07, 6.45) is 82.9. The minimum Gasteiger partial charge on any atom is -0.462 e. The SMILES string of the molecule is CCC/C=C\C/C=C\CCCCCCCC(=O)OCC(COC(=O)CCCCCCCCCCCCCCCCCCCCC/C=C\CCCCCCCCCC)OC(=O)CCCCCCC/C=C\CCCCCCCC. The number of ether oxygens (including phenoxy) is 3. The molecule has 0 aliphatic heterocycles. The lowest BCUT2D eigenvalue weighted by Gasteiger charge is -2.18. The van der Waals surface area contributed by atoms with Crippen LogP contribution in [0.3, 0.4) is 0 Å². The molecule has 0 heterocycles. The molecule has 0 radical (unpaired) electrons. The molecule has 0 aromatic heterocycles. The zero-order valence-electron chi connectivity index (χ0n) is 51.7.